The molecule has 1 aliphatic rings. The summed E-state index contributed by atoms with van der Waals surface area (Å²) in [6, 6.07) is 0. The monoisotopic (exact) mass is 157 g/mol. The molecule has 5 nitrogen and oxygen atoms in total. The normalized spacial score (nSPS) is 19.0. The van der Waals surface area contributed by atoms with Crippen LogP contribution < -0.4 is 16.8 Å². The molecule has 0 atom stereocenters. The molecule has 0 spiro atoms. The van der Waals surface area contributed by atoms with E-state index in [1.165, 1.54) is 0 Å². The first-order valence-corrected chi connectivity index (χ1v) is 3.40. The highest BCUT2D eigenvalue weighted by Crippen LogP contribution is 2.31. The molecule has 5 N–H and O–H groups in total. The molecule has 0 aromatic heterocycles. The Balaban J connectivity index is 2.27. The minimum Gasteiger partial charge on any atom is -0.368 e. The minimum absolute atomic E-state index is 0.127. The van der Waals surface area contributed by atoms with Crippen molar-refractivity contribution in [1.82, 2.24) is 5.32 Å². The molecule has 0 radical (unpaired) electrons. The van der Waals surface area contributed by atoms with Crippen LogP contribution in [-0.2, 0) is 9.59 Å². The average molecular weight is 157 g/mol. The fourth-order valence-electron chi connectivity index (χ4n) is 0.705. The fraction of sp³-hybridized carbons (Fsp3) is 0.667. The maximum Gasteiger partial charge on any atom is 0.240 e. The topological polar surface area (TPSA) is 98.2 Å². The first-order chi connectivity index (χ1) is 5.04. The molecule has 0 bridgehead atoms. The summed E-state index contributed by atoms with van der Waals surface area (Å²) < 4.78 is 0. The lowest BCUT2D eigenvalue weighted by Gasteiger charge is -2.07. The molecule has 0 aliphatic heterocycles. The zero-order valence-corrected chi connectivity index (χ0v) is 6.09. The summed E-state index contributed by atoms with van der Waals surface area (Å²) in [7, 11) is 0. The summed E-state index contributed by atoms with van der Waals surface area (Å²) in [6.07, 6.45) is 1.38. The van der Waals surface area contributed by atoms with Crippen LogP contribution in [-0.4, -0.2) is 23.9 Å². The van der Waals surface area contributed by atoms with Crippen LogP contribution in [0.5, 0.6) is 0 Å². The third kappa shape index (κ3) is 1.91. The van der Waals surface area contributed by atoms with Crippen molar-refractivity contribution in [2.24, 2.45) is 11.5 Å². The van der Waals surface area contributed by atoms with Gasteiger partial charge in [0.1, 0.15) is 0 Å². The van der Waals surface area contributed by atoms with Crippen LogP contribution in [0.2, 0.25) is 0 Å². The van der Waals surface area contributed by atoms with Crippen LogP contribution >= 0.6 is 0 Å². The lowest BCUT2D eigenvalue weighted by molar-refractivity contribution is -0.126. The second-order valence-corrected chi connectivity index (χ2v) is 2.81. The Morgan fingerprint density at radius 1 is 1.45 bits per heavy atom. The smallest absolute Gasteiger partial charge is 0.240 e. The van der Waals surface area contributed by atoms with E-state index >= 15 is 0 Å². The van der Waals surface area contributed by atoms with Crippen LogP contribution in [0.3, 0.4) is 0 Å². The van der Waals surface area contributed by atoms with Gasteiger partial charge in [0.25, 0.3) is 0 Å². The molecule has 5 heteroatoms. The van der Waals surface area contributed by atoms with Crippen molar-refractivity contribution in [1.29, 1.82) is 0 Å². The summed E-state index contributed by atoms with van der Waals surface area (Å²) in [5.41, 5.74) is 9.61. The highest BCUT2D eigenvalue weighted by Gasteiger charge is 2.45. The molecular formula is C6H11N3O2. The number of hydrogen-bond donors (Lipinski definition) is 3. The van der Waals surface area contributed by atoms with Crippen LogP contribution in [0.1, 0.15) is 12.8 Å². The SMILES string of the molecule is NC(=O)CNC(=O)C1(N)CC1. The predicted octanol–water partition coefficient (Wildman–Crippen LogP) is -1.92. The van der Waals surface area contributed by atoms with Crippen molar-refractivity contribution in [3.8, 4) is 0 Å². The van der Waals surface area contributed by atoms with E-state index in [2.05, 4.69) is 5.32 Å². The average Bonchev–Trinajstić information content (AvgIpc) is 2.64. The molecule has 1 aliphatic carbocycles. The Morgan fingerprint density at radius 2 is 2.00 bits per heavy atom. The zero-order chi connectivity index (χ0) is 8.48. The third-order valence-corrected chi connectivity index (χ3v) is 1.66. The van der Waals surface area contributed by atoms with E-state index in [0.29, 0.717) is 12.8 Å². The first kappa shape index (κ1) is 8.00. The number of amides is 2. The maximum absolute atomic E-state index is 11.0. The molecule has 0 heterocycles. The Hall–Kier alpha value is -1.10. The lowest BCUT2D eigenvalue weighted by atomic mass is 10.3. The minimum atomic E-state index is -0.713. The van der Waals surface area contributed by atoms with E-state index in [9.17, 15) is 9.59 Å². The molecule has 1 saturated carbocycles. The van der Waals surface area contributed by atoms with Gasteiger partial charge in [-0.2, -0.15) is 0 Å². The molecule has 2 amide bonds. The highest BCUT2D eigenvalue weighted by atomic mass is 16.2. The molecule has 0 aromatic rings. The summed E-state index contributed by atoms with van der Waals surface area (Å²) >= 11 is 0. The third-order valence-electron chi connectivity index (χ3n) is 1.66. The summed E-state index contributed by atoms with van der Waals surface area (Å²) in [5, 5.41) is 2.35. The van der Waals surface area contributed by atoms with Crippen molar-refractivity contribution < 1.29 is 9.59 Å². The van der Waals surface area contributed by atoms with E-state index in [1.807, 2.05) is 0 Å². The predicted molar refractivity (Wildman–Crippen MR) is 38.4 cm³/mol. The molecule has 62 valence electrons. The van der Waals surface area contributed by atoms with Crippen LogP contribution in [0, 0.1) is 0 Å². The molecule has 0 unspecified atom stereocenters. The van der Waals surface area contributed by atoms with Gasteiger partial charge < -0.3 is 16.8 Å². The summed E-state index contributed by atoms with van der Waals surface area (Å²) in [4.78, 5) is 21.2. The van der Waals surface area contributed by atoms with Gasteiger partial charge in [0.2, 0.25) is 11.8 Å². The quantitative estimate of drug-likeness (QED) is 0.445. The van der Waals surface area contributed by atoms with E-state index in [-0.39, 0.29) is 12.5 Å². The van der Waals surface area contributed by atoms with Crippen molar-refractivity contribution in [3.05, 3.63) is 0 Å². The second-order valence-electron chi connectivity index (χ2n) is 2.81. The Kier molecular flexibility index (Phi) is 1.82. The maximum atomic E-state index is 11.0. The summed E-state index contributed by atoms with van der Waals surface area (Å²) in [5.74, 6) is -0.834. The molecule has 0 aromatic carbocycles. The van der Waals surface area contributed by atoms with Crippen LogP contribution in [0.25, 0.3) is 0 Å². The number of nitrogens with one attached hydrogen (secondary N) is 1. The largest absolute Gasteiger partial charge is 0.368 e. The van der Waals surface area contributed by atoms with Gasteiger partial charge in [-0.15, -0.1) is 0 Å². The number of nitrogens with two attached hydrogens (primary N) is 2. The van der Waals surface area contributed by atoms with Crippen LogP contribution in [0.4, 0.5) is 0 Å². The van der Waals surface area contributed by atoms with Gasteiger partial charge in [0.05, 0.1) is 12.1 Å². The van der Waals surface area contributed by atoms with E-state index in [0.717, 1.165) is 0 Å². The van der Waals surface area contributed by atoms with Crippen molar-refractivity contribution in [2.45, 2.75) is 18.4 Å². The van der Waals surface area contributed by atoms with Crippen LogP contribution in [0.15, 0.2) is 0 Å². The number of carbonyl (C=O) groups excluding carboxylic acids is 2. The van der Waals surface area contributed by atoms with E-state index in [4.69, 9.17) is 11.5 Å². The van der Waals surface area contributed by atoms with E-state index < -0.39 is 11.4 Å². The van der Waals surface area contributed by atoms with Gasteiger partial charge in [-0.3, -0.25) is 9.59 Å². The van der Waals surface area contributed by atoms with Crippen molar-refractivity contribution in [2.75, 3.05) is 6.54 Å². The number of rotatable bonds is 3. The lowest BCUT2D eigenvalue weighted by Crippen LogP contribution is -2.45. The molecule has 0 saturated heterocycles. The van der Waals surface area contributed by atoms with Gasteiger partial charge in [0.15, 0.2) is 0 Å². The Labute approximate surface area is 64.1 Å². The summed E-state index contributed by atoms with van der Waals surface area (Å²) in [6.45, 7) is -0.127. The standard InChI is InChI=1S/C6H11N3O2/c7-4(10)3-9-5(11)6(8)1-2-6/h1-3,8H2,(H2,7,10)(H,9,11). The van der Waals surface area contributed by atoms with Gasteiger partial charge in [-0.05, 0) is 12.8 Å². The van der Waals surface area contributed by atoms with E-state index in [1.54, 1.807) is 0 Å². The Bertz CT molecular complexity index is 198. The van der Waals surface area contributed by atoms with Gasteiger partial charge in [0, 0.05) is 0 Å². The van der Waals surface area contributed by atoms with Gasteiger partial charge >= 0.3 is 0 Å². The number of hydrogen-bond acceptors (Lipinski definition) is 3. The molecule has 1 fully saturated rings. The second kappa shape index (κ2) is 2.50. The van der Waals surface area contributed by atoms with Crippen molar-refractivity contribution >= 4 is 11.8 Å². The Morgan fingerprint density at radius 3 is 2.36 bits per heavy atom. The highest BCUT2D eigenvalue weighted by molar-refractivity contribution is 5.91. The van der Waals surface area contributed by atoms with Crippen molar-refractivity contribution in [3.63, 3.8) is 0 Å². The van der Waals surface area contributed by atoms with Gasteiger partial charge in [-0.25, -0.2) is 0 Å². The molecule has 1 rings (SSSR count). The first-order valence-electron chi connectivity index (χ1n) is 3.40. The molecular weight excluding hydrogens is 146 g/mol. The number of primary amides is 1. The fourth-order valence-corrected chi connectivity index (χ4v) is 0.705. The molecule has 11 heavy (non-hydrogen) atoms. The zero-order valence-electron chi connectivity index (χ0n) is 6.09. The van der Waals surface area contributed by atoms with Gasteiger partial charge in [-0.1, -0.05) is 0 Å². The number of carbonyl (C=O) groups is 2.